The molecule has 24 heavy (non-hydrogen) atoms. The van der Waals surface area contributed by atoms with Gasteiger partial charge in [-0.15, -0.1) is 0 Å². The topological polar surface area (TPSA) is 49.4 Å². The molecule has 2 aromatic rings. The van der Waals surface area contributed by atoms with Crippen LogP contribution >= 0.6 is 15.9 Å². The van der Waals surface area contributed by atoms with Gasteiger partial charge in [-0.3, -0.25) is 9.69 Å². The Hall–Kier alpha value is -2.14. The van der Waals surface area contributed by atoms with Crippen molar-refractivity contribution in [3.8, 4) is 0 Å². The molecular weight excluding hydrogens is 368 g/mol. The lowest BCUT2D eigenvalue weighted by Crippen LogP contribution is -2.46. The molecule has 3 amide bonds. The van der Waals surface area contributed by atoms with E-state index in [4.69, 9.17) is 0 Å². The highest BCUT2D eigenvalue weighted by atomic mass is 79.9. The fraction of sp³-hybridized carbons (Fsp3) is 0.263. The van der Waals surface area contributed by atoms with Crippen LogP contribution in [0.3, 0.4) is 0 Å². The van der Waals surface area contributed by atoms with Gasteiger partial charge in [-0.1, -0.05) is 52.3 Å². The number of urea groups is 1. The molecule has 1 fully saturated rings. The molecule has 2 aromatic carbocycles. The van der Waals surface area contributed by atoms with Gasteiger partial charge in [0.05, 0.1) is 6.54 Å². The molecule has 1 atom stereocenters. The van der Waals surface area contributed by atoms with E-state index >= 15 is 0 Å². The van der Waals surface area contributed by atoms with Crippen molar-refractivity contribution < 1.29 is 9.59 Å². The van der Waals surface area contributed by atoms with E-state index in [0.29, 0.717) is 13.0 Å². The fourth-order valence-electron chi connectivity index (χ4n) is 3.73. The molecule has 0 aromatic heterocycles. The summed E-state index contributed by atoms with van der Waals surface area (Å²) >= 11 is 3.40. The first-order chi connectivity index (χ1) is 11.6. The number of aryl methyl sites for hydroxylation is 1. The molecule has 1 saturated heterocycles. The zero-order valence-electron chi connectivity index (χ0n) is 13.1. The van der Waals surface area contributed by atoms with Gasteiger partial charge in [0.1, 0.15) is 5.54 Å². The minimum Gasteiger partial charge on any atom is -0.319 e. The second-order valence-electron chi connectivity index (χ2n) is 6.36. The number of amides is 3. The van der Waals surface area contributed by atoms with E-state index in [9.17, 15) is 9.59 Å². The van der Waals surface area contributed by atoms with Crippen molar-refractivity contribution in [2.75, 3.05) is 0 Å². The molecule has 0 radical (unpaired) electrons. The molecule has 0 saturated carbocycles. The average Bonchev–Trinajstić information content (AvgIpc) is 2.82. The molecule has 4 nitrogen and oxygen atoms in total. The van der Waals surface area contributed by atoms with Gasteiger partial charge in [-0.2, -0.15) is 0 Å². The Morgan fingerprint density at radius 3 is 2.62 bits per heavy atom. The van der Waals surface area contributed by atoms with Crippen LogP contribution in [0.25, 0.3) is 0 Å². The monoisotopic (exact) mass is 384 g/mol. The van der Waals surface area contributed by atoms with Crippen LogP contribution in [0.4, 0.5) is 4.79 Å². The lowest BCUT2D eigenvalue weighted by atomic mass is 9.76. The summed E-state index contributed by atoms with van der Waals surface area (Å²) in [5.74, 6) is -0.137. The number of carbonyl (C=O) groups excluding carboxylic acids is 2. The van der Waals surface area contributed by atoms with E-state index < -0.39 is 5.54 Å². The molecule has 1 aliphatic carbocycles. The van der Waals surface area contributed by atoms with Crippen molar-refractivity contribution in [3.05, 3.63) is 69.7 Å². The lowest BCUT2D eigenvalue weighted by molar-refractivity contribution is -0.132. The van der Waals surface area contributed by atoms with Crippen molar-refractivity contribution in [1.82, 2.24) is 10.2 Å². The van der Waals surface area contributed by atoms with E-state index in [1.807, 2.05) is 48.5 Å². The third-order valence-corrected chi connectivity index (χ3v) is 5.43. The van der Waals surface area contributed by atoms with Gasteiger partial charge in [-0.05, 0) is 48.1 Å². The first-order valence-electron chi connectivity index (χ1n) is 8.07. The summed E-state index contributed by atoms with van der Waals surface area (Å²) < 4.78 is 0.973. The van der Waals surface area contributed by atoms with Crippen molar-refractivity contribution in [2.24, 2.45) is 0 Å². The molecule has 2 aliphatic rings. The molecule has 1 aliphatic heterocycles. The average molecular weight is 385 g/mol. The molecule has 0 bridgehead atoms. The molecule has 1 N–H and O–H groups in total. The van der Waals surface area contributed by atoms with Gasteiger partial charge < -0.3 is 5.32 Å². The summed E-state index contributed by atoms with van der Waals surface area (Å²) in [6.45, 7) is 0.294. The van der Waals surface area contributed by atoms with E-state index in [1.54, 1.807) is 0 Å². The number of imide groups is 1. The Balaban J connectivity index is 1.68. The van der Waals surface area contributed by atoms with E-state index in [0.717, 1.165) is 34.0 Å². The molecule has 4 rings (SSSR count). The first kappa shape index (κ1) is 15.4. The quantitative estimate of drug-likeness (QED) is 0.801. The third kappa shape index (κ3) is 2.35. The Bertz CT molecular complexity index is 818. The largest absolute Gasteiger partial charge is 0.325 e. The molecule has 5 heteroatoms. The SMILES string of the molecule is O=C1N[C@]2(CCCc3ccccc32)C(=O)N1Cc1ccc(Br)cc1. The van der Waals surface area contributed by atoms with Crippen molar-refractivity contribution in [2.45, 2.75) is 31.3 Å². The van der Waals surface area contributed by atoms with Crippen LogP contribution in [0.2, 0.25) is 0 Å². The van der Waals surface area contributed by atoms with Crippen molar-refractivity contribution >= 4 is 27.9 Å². The smallest absolute Gasteiger partial charge is 0.319 e. The summed E-state index contributed by atoms with van der Waals surface area (Å²) in [6.07, 6.45) is 2.51. The minimum absolute atomic E-state index is 0.137. The van der Waals surface area contributed by atoms with E-state index in [-0.39, 0.29) is 11.9 Å². The van der Waals surface area contributed by atoms with Crippen LogP contribution < -0.4 is 5.32 Å². The zero-order chi connectivity index (χ0) is 16.7. The van der Waals surface area contributed by atoms with Gasteiger partial charge in [0, 0.05) is 4.47 Å². The normalized spacial score (nSPS) is 22.6. The summed E-state index contributed by atoms with van der Waals surface area (Å²) in [7, 11) is 0. The fourth-order valence-corrected chi connectivity index (χ4v) is 3.99. The van der Waals surface area contributed by atoms with Gasteiger partial charge >= 0.3 is 6.03 Å². The molecule has 1 spiro atoms. The number of benzene rings is 2. The molecule has 122 valence electrons. The standard InChI is InChI=1S/C19H17BrN2O2/c20-15-9-7-13(8-10-15)12-22-17(23)19(21-18(22)24)11-3-5-14-4-1-2-6-16(14)19/h1-2,4,6-10H,3,5,11-12H2,(H,21,24)/t19-/m0/s1. The van der Waals surface area contributed by atoms with Gasteiger partial charge in [-0.25, -0.2) is 4.79 Å². The van der Waals surface area contributed by atoms with Crippen molar-refractivity contribution in [3.63, 3.8) is 0 Å². The van der Waals surface area contributed by atoms with Gasteiger partial charge in [0.2, 0.25) is 0 Å². The highest BCUT2D eigenvalue weighted by molar-refractivity contribution is 9.10. The van der Waals surface area contributed by atoms with E-state index in [2.05, 4.69) is 21.2 Å². The summed E-state index contributed by atoms with van der Waals surface area (Å²) in [5.41, 5.74) is 2.15. The summed E-state index contributed by atoms with van der Waals surface area (Å²) in [4.78, 5) is 27.0. The summed E-state index contributed by atoms with van der Waals surface area (Å²) in [6, 6.07) is 15.3. The maximum absolute atomic E-state index is 13.2. The number of nitrogens with zero attached hydrogens (tertiary/aromatic N) is 1. The predicted octanol–water partition coefficient (Wildman–Crippen LogP) is 3.73. The van der Waals surface area contributed by atoms with Crippen LogP contribution in [0, 0.1) is 0 Å². The third-order valence-electron chi connectivity index (χ3n) is 4.90. The number of hydrogen-bond donors (Lipinski definition) is 1. The van der Waals surface area contributed by atoms with Gasteiger partial charge in [0.15, 0.2) is 0 Å². The number of rotatable bonds is 2. The number of hydrogen-bond acceptors (Lipinski definition) is 2. The number of fused-ring (bicyclic) bond motifs is 2. The van der Waals surface area contributed by atoms with Crippen LogP contribution in [0.1, 0.15) is 29.5 Å². The predicted molar refractivity (Wildman–Crippen MR) is 94.3 cm³/mol. The maximum Gasteiger partial charge on any atom is 0.325 e. The second-order valence-corrected chi connectivity index (χ2v) is 7.28. The molecule has 1 heterocycles. The second kappa shape index (κ2) is 5.74. The summed E-state index contributed by atoms with van der Waals surface area (Å²) in [5, 5.41) is 2.99. The number of halogens is 1. The maximum atomic E-state index is 13.2. The molecule has 0 unspecified atom stereocenters. The van der Waals surface area contributed by atoms with Crippen LogP contribution in [0.5, 0.6) is 0 Å². The highest BCUT2D eigenvalue weighted by Crippen LogP contribution is 2.40. The van der Waals surface area contributed by atoms with E-state index in [1.165, 1.54) is 4.90 Å². The van der Waals surface area contributed by atoms with Crippen LogP contribution in [0.15, 0.2) is 53.0 Å². The van der Waals surface area contributed by atoms with Crippen LogP contribution in [-0.4, -0.2) is 16.8 Å². The van der Waals surface area contributed by atoms with Crippen LogP contribution in [-0.2, 0) is 23.3 Å². The highest BCUT2D eigenvalue weighted by Gasteiger charge is 2.53. The minimum atomic E-state index is -0.888. The molecular formula is C19H17BrN2O2. The zero-order valence-corrected chi connectivity index (χ0v) is 14.7. The number of carbonyl (C=O) groups is 2. The Kier molecular flexibility index (Phi) is 3.68. The Labute approximate surface area is 149 Å². The Morgan fingerprint density at radius 2 is 1.83 bits per heavy atom. The van der Waals surface area contributed by atoms with Gasteiger partial charge in [0.25, 0.3) is 5.91 Å². The first-order valence-corrected chi connectivity index (χ1v) is 8.86. The lowest BCUT2D eigenvalue weighted by Gasteiger charge is -2.33. The van der Waals surface area contributed by atoms with Crippen molar-refractivity contribution in [1.29, 1.82) is 0 Å². The number of nitrogens with one attached hydrogen (secondary N) is 1. The Morgan fingerprint density at radius 1 is 1.08 bits per heavy atom.